The average Bonchev–Trinajstić information content (AvgIpc) is 3.27. The van der Waals surface area contributed by atoms with Gasteiger partial charge < -0.3 is 9.52 Å². The monoisotopic (exact) mass is 285 g/mol. The van der Waals surface area contributed by atoms with E-state index in [1.807, 2.05) is 18.2 Å². The molecule has 3 nitrogen and oxygen atoms in total. The highest BCUT2D eigenvalue weighted by Gasteiger charge is 2.29. The molecule has 1 aliphatic carbocycles. The number of benzene rings is 1. The van der Waals surface area contributed by atoms with Crippen LogP contribution in [0.2, 0.25) is 0 Å². The third kappa shape index (κ3) is 3.96. The van der Waals surface area contributed by atoms with Crippen molar-refractivity contribution in [2.45, 2.75) is 38.3 Å². The second-order valence-electron chi connectivity index (χ2n) is 5.76. The van der Waals surface area contributed by atoms with Crippen LogP contribution in [0.5, 0.6) is 0 Å². The summed E-state index contributed by atoms with van der Waals surface area (Å²) >= 11 is 0. The Hall–Kier alpha value is -1.58. The molecule has 0 unspecified atom stereocenters. The first-order valence-electron chi connectivity index (χ1n) is 7.86. The summed E-state index contributed by atoms with van der Waals surface area (Å²) < 4.78 is 5.99. The van der Waals surface area contributed by atoms with E-state index in [1.54, 1.807) is 0 Å². The topological polar surface area (TPSA) is 36.6 Å². The lowest BCUT2D eigenvalue weighted by Gasteiger charge is -2.20. The summed E-state index contributed by atoms with van der Waals surface area (Å²) in [7, 11) is 0. The van der Waals surface area contributed by atoms with Crippen LogP contribution >= 0.6 is 0 Å². The van der Waals surface area contributed by atoms with Crippen molar-refractivity contribution in [3.8, 4) is 11.3 Å². The Bertz CT molecular complexity index is 545. The summed E-state index contributed by atoms with van der Waals surface area (Å²) in [6.45, 7) is 2.22. The first-order valence-corrected chi connectivity index (χ1v) is 7.86. The number of rotatable bonds is 8. The normalized spacial score (nSPS) is 14.8. The van der Waals surface area contributed by atoms with E-state index in [9.17, 15) is 0 Å². The number of hydrogen-bond acceptors (Lipinski definition) is 3. The van der Waals surface area contributed by atoms with Crippen molar-refractivity contribution in [3.05, 3.63) is 48.2 Å². The van der Waals surface area contributed by atoms with Gasteiger partial charge in [-0.3, -0.25) is 4.90 Å². The van der Waals surface area contributed by atoms with Crippen LogP contribution in [0.4, 0.5) is 0 Å². The lowest BCUT2D eigenvalue weighted by atomic mass is 10.2. The van der Waals surface area contributed by atoms with Gasteiger partial charge in [0.05, 0.1) is 6.54 Å². The van der Waals surface area contributed by atoms with Crippen molar-refractivity contribution < 1.29 is 9.52 Å². The predicted molar refractivity (Wildman–Crippen MR) is 83.9 cm³/mol. The molecule has 112 valence electrons. The molecule has 2 aromatic rings. The molecule has 0 aliphatic heterocycles. The second-order valence-corrected chi connectivity index (χ2v) is 5.76. The van der Waals surface area contributed by atoms with Gasteiger partial charge in [0.1, 0.15) is 11.5 Å². The standard InChI is InChI=1S/C18H23NO2/c20-13-5-4-12-19(16-8-9-16)14-17-10-11-18(21-17)15-6-2-1-3-7-15/h1-3,6-7,10-11,16,20H,4-5,8-9,12-14H2. The molecule has 0 amide bonds. The zero-order chi connectivity index (χ0) is 14.5. The van der Waals surface area contributed by atoms with E-state index in [-0.39, 0.29) is 6.61 Å². The van der Waals surface area contributed by atoms with Crippen molar-refractivity contribution in [1.29, 1.82) is 0 Å². The van der Waals surface area contributed by atoms with Gasteiger partial charge in [0, 0.05) is 18.2 Å². The fourth-order valence-electron chi connectivity index (χ4n) is 2.68. The molecule has 1 N–H and O–H groups in total. The lowest BCUT2D eigenvalue weighted by Crippen LogP contribution is -2.26. The Morgan fingerprint density at radius 1 is 1.05 bits per heavy atom. The quantitative estimate of drug-likeness (QED) is 0.752. The minimum Gasteiger partial charge on any atom is -0.460 e. The third-order valence-corrected chi connectivity index (χ3v) is 4.00. The van der Waals surface area contributed by atoms with Gasteiger partial charge in [0.25, 0.3) is 0 Å². The van der Waals surface area contributed by atoms with E-state index in [1.165, 1.54) is 12.8 Å². The van der Waals surface area contributed by atoms with Gasteiger partial charge >= 0.3 is 0 Å². The third-order valence-electron chi connectivity index (χ3n) is 4.00. The molecule has 3 rings (SSSR count). The largest absolute Gasteiger partial charge is 0.460 e. The first-order chi connectivity index (χ1) is 10.4. The van der Waals surface area contributed by atoms with Crippen LogP contribution in [-0.4, -0.2) is 29.2 Å². The molecular formula is C18H23NO2. The number of furan rings is 1. The van der Waals surface area contributed by atoms with Crippen LogP contribution in [0.3, 0.4) is 0 Å². The van der Waals surface area contributed by atoms with Crippen LogP contribution < -0.4 is 0 Å². The zero-order valence-corrected chi connectivity index (χ0v) is 12.4. The van der Waals surface area contributed by atoms with Crippen LogP contribution in [0, 0.1) is 0 Å². The molecule has 0 radical (unpaired) electrons. The van der Waals surface area contributed by atoms with Crippen LogP contribution in [-0.2, 0) is 6.54 Å². The predicted octanol–water partition coefficient (Wildman–Crippen LogP) is 3.68. The average molecular weight is 285 g/mol. The molecule has 1 saturated carbocycles. The molecule has 1 heterocycles. The van der Waals surface area contributed by atoms with E-state index in [0.717, 1.165) is 43.0 Å². The Kier molecular flexibility index (Phi) is 4.73. The van der Waals surface area contributed by atoms with Crippen molar-refractivity contribution in [2.24, 2.45) is 0 Å². The summed E-state index contributed by atoms with van der Waals surface area (Å²) in [5.41, 5.74) is 1.13. The molecule has 0 atom stereocenters. The number of nitrogens with zero attached hydrogens (tertiary/aromatic N) is 1. The van der Waals surface area contributed by atoms with E-state index in [2.05, 4.69) is 29.2 Å². The van der Waals surface area contributed by atoms with Gasteiger partial charge in [-0.05, 0) is 44.4 Å². The van der Waals surface area contributed by atoms with Gasteiger partial charge in [-0.1, -0.05) is 30.3 Å². The van der Waals surface area contributed by atoms with E-state index < -0.39 is 0 Å². The fourth-order valence-corrected chi connectivity index (χ4v) is 2.68. The molecule has 0 bridgehead atoms. The highest BCUT2D eigenvalue weighted by molar-refractivity contribution is 5.57. The highest BCUT2D eigenvalue weighted by Crippen LogP contribution is 2.30. The molecule has 0 spiro atoms. The Labute approximate surface area is 126 Å². The maximum atomic E-state index is 8.92. The van der Waals surface area contributed by atoms with Gasteiger partial charge in [-0.25, -0.2) is 0 Å². The summed E-state index contributed by atoms with van der Waals surface area (Å²) in [4.78, 5) is 2.49. The SMILES string of the molecule is OCCCCN(Cc1ccc(-c2ccccc2)o1)C1CC1. The number of aliphatic hydroxyl groups excluding tert-OH is 1. The number of hydrogen-bond donors (Lipinski definition) is 1. The second kappa shape index (κ2) is 6.92. The molecule has 1 fully saturated rings. The van der Waals surface area contributed by atoms with Gasteiger partial charge in [0.2, 0.25) is 0 Å². The smallest absolute Gasteiger partial charge is 0.134 e. The van der Waals surface area contributed by atoms with Gasteiger partial charge in [-0.15, -0.1) is 0 Å². The Balaban J connectivity index is 1.62. The fraction of sp³-hybridized carbons (Fsp3) is 0.444. The molecule has 21 heavy (non-hydrogen) atoms. The van der Waals surface area contributed by atoms with E-state index in [4.69, 9.17) is 9.52 Å². The maximum absolute atomic E-state index is 8.92. The van der Waals surface area contributed by atoms with Crippen LogP contribution in [0.25, 0.3) is 11.3 Å². The van der Waals surface area contributed by atoms with Crippen molar-refractivity contribution in [2.75, 3.05) is 13.2 Å². The summed E-state index contributed by atoms with van der Waals surface area (Å²) in [6.07, 6.45) is 4.53. The van der Waals surface area contributed by atoms with Gasteiger partial charge in [-0.2, -0.15) is 0 Å². The maximum Gasteiger partial charge on any atom is 0.134 e. The summed E-state index contributed by atoms with van der Waals surface area (Å²) in [5, 5.41) is 8.92. The number of aliphatic hydroxyl groups is 1. The van der Waals surface area contributed by atoms with Crippen LogP contribution in [0.1, 0.15) is 31.4 Å². The Morgan fingerprint density at radius 2 is 1.86 bits per heavy atom. The zero-order valence-electron chi connectivity index (χ0n) is 12.4. The van der Waals surface area contributed by atoms with E-state index >= 15 is 0 Å². The van der Waals surface area contributed by atoms with Crippen molar-refractivity contribution in [3.63, 3.8) is 0 Å². The molecule has 1 aromatic carbocycles. The first kappa shape index (κ1) is 14.4. The summed E-state index contributed by atoms with van der Waals surface area (Å²) in [5.74, 6) is 1.97. The molecule has 1 aromatic heterocycles. The Morgan fingerprint density at radius 3 is 2.57 bits per heavy atom. The molecule has 0 saturated heterocycles. The minimum atomic E-state index is 0.289. The minimum absolute atomic E-state index is 0.289. The molecular weight excluding hydrogens is 262 g/mol. The lowest BCUT2D eigenvalue weighted by molar-refractivity contribution is 0.216. The van der Waals surface area contributed by atoms with Gasteiger partial charge in [0.15, 0.2) is 0 Å². The van der Waals surface area contributed by atoms with E-state index in [0.29, 0.717) is 6.04 Å². The van der Waals surface area contributed by atoms with Crippen LogP contribution in [0.15, 0.2) is 46.9 Å². The molecule has 1 aliphatic rings. The number of unbranched alkanes of at least 4 members (excludes halogenated alkanes) is 1. The van der Waals surface area contributed by atoms with Crippen molar-refractivity contribution in [1.82, 2.24) is 4.90 Å². The van der Waals surface area contributed by atoms with Crippen molar-refractivity contribution >= 4 is 0 Å². The highest BCUT2D eigenvalue weighted by atomic mass is 16.3. The molecule has 3 heteroatoms. The summed E-state index contributed by atoms with van der Waals surface area (Å²) in [6, 6.07) is 15.1.